The molecule has 4 aromatic carbocycles. The molecule has 1 fully saturated rings. The molecule has 12 heteroatoms. The molecule has 6 rings (SSSR count). The van der Waals surface area contributed by atoms with Crippen LogP contribution in [0.1, 0.15) is 105 Å². The highest BCUT2D eigenvalue weighted by Crippen LogP contribution is 2.56. The summed E-state index contributed by atoms with van der Waals surface area (Å²) >= 11 is 0. The normalized spacial score (nSPS) is 15.0. The van der Waals surface area contributed by atoms with E-state index in [1.54, 1.807) is 20.8 Å². The van der Waals surface area contributed by atoms with Crippen molar-refractivity contribution in [2.45, 2.75) is 117 Å². The van der Waals surface area contributed by atoms with E-state index >= 15 is 0 Å². The minimum absolute atomic E-state index is 0.0621. The highest BCUT2D eigenvalue weighted by molar-refractivity contribution is 7.86. The van der Waals surface area contributed by atoms with E-state index in [1.807, 2.05) is 65.8 Å². The SMILES string of the molecule is C=CC(=O)NC(C)(C)C.CC(C)(C)N1CC1.CC(C)(C)OS(C)(=O)=O.CC(CO)COc1ccc(C2(c3ccc(OCC(O)COC(C)C)cc3)c3ccccc3-c3ccccc32)cc1. The Morgan fingerprint density at radius 3 is 1.51 bits per heavy atom. The zero-order valence-corrected chi connectivity index (χ0v) is 41.9. The van der Waals surface area contributed by atoms with Gasteiger partial charge in [0.25, 0.3) is 10.1 Å². The third-order valence-corrected chi connectivity index (χ3v) is 10.7. The Kier molecular flexibility index (Phi) is 20.0. The molecule has 0 radical (unpaired) electrons. The van der Waals surface area contributed by atoms with E-state index in [2.05, 4.69) is 115 Å². The van der Waals surface area contributed by atoms with Gasteiger partial charge < -0.3 is 29.7 Å². The molecular weight excluding hydrogens is 841 g/mol. The molecule has 0 spiro atoms. The molecular formula is C53H76N2O9S. The molecule has 1 amide bonds. The van der Waals surface area contributed by atoms with Crippen LogP contribution in [0, 0.1) is 5.92 Å². The predicted molar refractivity (Wildman–Crippen MR) is 263 cm³/mol. The molecule has 1 aliphatic heterocycles. The average Bonchev–Trinajstić information content (AvgIpc) is 4.05. The standard InChI is InChI=1S/C35H38O5.C7H13NO.C6H13N.C5H12O3S/c1-24(2)38-22-28(37)23-40-30-18-14-27(15-19-30)35(26-12-16-29(17-13-26)39-21-25(3)20-36)33-10-6-4-8-31(33)32-9-5-7-11-34(32)35;1-5-6(9)8-7(2,3)4;1-6(2,3)7-4-5-7;1-5(2,3)8-9(4,6)7/h4-19,24-25,28,36-37H,20-23H2,1-3H3;5H,1H2,2-4H3,(H,8,9);4-5H2,1-3H3;1-4H3. The topological polar surface area (TPSA) is 144 Å². The Hall–Kier alpha value is -4.56. The van der Waals surface area contributed by atoms with Gasteiger partial charge in [-0.2, -0.15) is 8.42 Å². The van der Waals surface area contributed by atoms with E-state index in [-0.39, 0.29) is 43.3 Å². The minimum Gasteiger partial charge on any atom is -0.493 e. The Balaban J connectivity index is 0.000000363. The second-order valence-electron chi connectivity index (χ2n) is 19.8. The maximum atomic E-state index is 10.6. The first-order valence-corrected chi connectivity index (χ1v) is 24.2. The molecule has 2 atom stereocenters. The number of nitrogens with zero attached hydrogens (tertiary/aromatic N) is 1. The second kappa shape index (κ2) is 23.8. The molecule has 1 heterocycles. The zero-order chi connectivity index (χ0) is 48.8. The fourth-order valence-electron chi connectivity index (χ4n) is 7.06. The van der Waals surface area contributed by atoms with E-state index in [0.717, 1.165) is 23.1 Å². The van der Waals surface area contributed by atoms with Crippen molar-refractivity contribution in [3.8, 4) is 22.6 Å². The summed E-state index contributed by atoms with van der Waals surface area (Å²) in [5, 5.41) is 22.3. The van der Waals surface area contributed by atoms with Gasteiger partial charge in [-0.25, -0.2) is 0 Å². The molecule has 1 aliphatic carbocycles. The first-order chi connectivity index (χ1) is 30.2. The van der Waals surface area contributed by atoms with Crippen molar-refractivity contribution in [1.29, 1.82) is 0 Å². The zero-order valence-electron chi connectivity index (χ0n) is 41.1. The number of amides is 1. The summed E-state index contributed by atoms with van der Waals surface area (Å²) in [6.45, 7) is 30.4. The molecule has 0 saturated carbocycles. The van der Waals surface area contributed by atoms with Crippen molar-refractivity contribution >= 4 is 16.0 Å². The number of aliphatic hydroxyl groups is 2. The van der Waals surface area contributed by atoms with E-state index < -0.39 is 27.2 Å². The number of hydrogen-bond donors (Lipinski definition) is 3. The Bertz CT molecular complexity index is 2150. The van der Waals surface area contributed by atoms with Gasteiger partial charge in [-0.05, 0) is 140 Å². The highest BCUT2D eigenvalue weighted by Gasteiger charge is 2.46. The fraction of sp³-hybridized carbons (Fsp3) is 0.491. The third-order valence-electron chi connectivity index (χ3n) is 9.92. The summed E-state index contributed by atoms with van der Waals surface area (Å²) < 4.78 is 42.8. The molecule has 358 valence electrons. The van der Waals surface area contributed by atoms with Gasteiger partial charge in [-0.3, -0.25) is 13.9 Å². The summed E-state index contributed by atoms with van der Waals surface area (Å²) in [7, 11) is -3.28. The average molecular weight is 917 g/mol. The molecule has 65 heavy (non-hydrogen) atoms. The van der Waals surface area contributed by atoms with Gasteiger partial charge >= 0.3 is 0 Å². The van der Waals surface area contributed by atoms with Crippen LogP contribution in [0.4, 0.5) is 0 Å². The molecule has 0 aromatic heterocycles. The van der Waals surface area contributed by atoms with E-state index in [4.69, 9.17) is 14.2 Å². The van der Waals surface area contributed by atoms with Crippen LogP contribution in [0.25, 0.3) is 11.1 Å². The molecule has 2 unspecified atom stereocenters. The van der Waals surface area contributed by atoms with Crippen molar-refractivity contribution in [3.63, 3.8) is 0 Å². The monoisotopic (exact) mass is 917 g/mol. The minimum atomic E-state index is -3.28. The number of nitrogens with one attached hydrogen (secondary N) is 1. The Morgan fingerprint density at radius 2 is 1.20 bits per heavy atom. The lowest BCUT2D eigenvalue weighted by atomic mass is 9.68. The van der Waals surface area contributed by atoms with Crippen LogP contribution in [0.3, 0.4) is 0 Å². The van der Waals surface area contributed by atoms with Crippen LogP contribution in [0.2, 0.25) is 0 Å². The van der Waals surface area contributed by atoms with E-state index in [9.17, 15) is 23.4 Å². The molecule has 4 aromatic rings. The van der Waals surface area contributed by atoms with Crippen LogP contribution < -0.4 is 14.8 Å². The summed E-state index contributed by atoms with van der Waals surface area (Å²) in [6, 6.07) is 33.8. The number of fused-ring (bicyclic) bond motifs is 3. The summed E-state index contributed by atoms with van der Waals surface area (Å²) in [6.07, 6.45) is 1.68. The van der Waals surface area contributed by atoms with Gasteiger partial charge in [0.2, 0.25) is 5.91 Å². The number of ether oxygens (including phenoxy) is 3. The van der Waals surface area contributed by atoms with Crippen molar-refractivity contribution in [2.75, 3.05) is 45.8 Å². The smallest absolute Gasteiger partial charge is 0.264 e. The van der Waals surface area contributed by atoms with Crippen LogP contribution in [-0.2, 0) is 29.2 Å². The van der Waals surface area contributed by atoms with Gasteiger partial charge in [-0.15, -0.1) is 0 Å². The van der Waals surface area contributed by atoms with Crippen LogP contribution >= 0.6 is 0 Å². The Morgan fingerprint density at radius 1 is 0.754 bits per heavy atom. The molecule has 11 nitrogen and oxygen atoms in total. The summed E-state index contributed by atoms with van der Waals surface area (Å²) in [5.74, 6) is 1.43. The molecule has 0 bridgehead atoms. The number of benzene rings is 4. The fourth-order valence-corrected chi connectivity index (χ4v) is 7.97. The van der Waals surface area contributed by atoms with Gasteiger partial charge in [0.1, 0.15) is 24.2 Å². The lowest BCUT2D eigenvalue weighted by molar-refractivity contribution is -0.117. The van der Waals surface area contributed by atoms with Crippen LogP contribution in [0.5, 0.6) is 11.5 Å². The first kappa shape index (κ1) is 54.8. The largest absolute Gasteiger partial charge is 0.493 e. The van der Waals surface area contributed by atoms with Crippen LogP contribution in [0.15, 0.2) is 110 Å². The Labute approximate surface area is 390 Å². The van der Waals surface area contributed by atoms with E-state index in [0.29, 0.717) is 17.9 Å². The number of aliphatic hydroxyl groups excluding tert-OH is 2. The molecule has 2 aliphatic rings. The highest BCUT2D eigenvalue weighted by atomic mass is 32.2. The van der Waals surface area contributed by atoms with Crippen molar-refractivity contribution in [2.24, 2.45) is 5.92 Å². The van der Waals surface area contributed by atoms with Gasteiger partial charge in [0, 0.05) is 36.7 Å². The lowest BCUT2D eigenvalue weighted by Gasteiger charge is -2.34. The number of carbonyl (C=O) groups is 1. The lowest BCUT2D eigenvalue weighted by Crippen LogP contribution is -2.39. The number of hydrogen-bond acceptors (Lipinski definition) is 10. The summed E-state index contributed by atoms with van der Waals surface area (Å²) in [4.78, 5) is 13.0. The van der Waals surface area contributed by atoms with Gasteiger partial charge in [-0.1, -0.05) is 86.3 Å². The van der Waals surface area contributed by atoms with E-state index in [1.165, 1.54) is 41.4 Å². The first-order valence-electron chi connectivity index (χ1n) is 22.4. The van der Waals surface area contributed by atoms with Gasteiger partial charge in [0.05, 0.1) is 36.6 Å². The van der Waals surface area contributed by atoms with Crippen LogP contribution in [-0.4, -0.2) is 104 Å². The van der Waals surface area contributed by atoms with Gasteiger partial charge in [0.15, 0.2) is 0 Å². The maximum absolute atomic E-state index is 10.6. The molecule has 1 saturated heterocycles. The third kappa shape index (κ3) is 18.0. The number of carbonyl (C=O) groups excluding carboxylic acids is 1. The van der Waals surface area contributed by atoms with Crippen molar-refractivity contribution < 1.29 is 41.8 Å². The van der Waals surface area contributed by atoms with Crippen molar-refractivity contribution in [1.82, 2.24) is 10.2 Å². The summed E-state index contributed by atoms with van der Waals surface area (Å²) in [5.41, 5.74) is 6.35. The second-order valence-corrected chi connectivity index (χ2v) is 21.4. The number of rotatable bonds is 14. The molecule has 3 N–H and O–H groups in total. The van der Waals surface area contributed by atoms with Crippen molar-refractivity contribution in [3.05, 3.63) is 132 Å². The predicted octanol–water partition coefficient (Wildman–Crippen LogP) is 9.17. The maximum Gasteiger partial charge on any atom is 0.264 e. The quantitative estimate of drug-likeness (QED) is 0.0561.